The molecule has 2 aliphatic rings. The van der Waals surface area contributed by atoms with Gasteiger partial charge in [-0.25, -0.2) is 9.67 Å². The average molecular weight is 409 g/mol. The standard InChI is InChI=1S/C22H28N6O2/c1-27-6-5-16-9-20(29-2)19(8-17(16)13-27)25-22-23-10-18-11-24-28(21(18)26-22)12-15-4-3-7-30-14-15/h8-11,15H,3-7,12-14H2,1-2H3,(H,23,25,26)/t15-/m1/s1. The van der Waals surface area contributed by atoms with Gasteiger partial charge in [0.25, 0.3) is 0 Å². The molecule has 0 bridgehead atoms. The van der Waals surface area contributed by atoms with Crippen molar-refractivity contribution in [1.82, 2.24) is 24.6 Å². The molecule has 4 heterocycles. The number of methoxy groups -OCH3 is 1. The lowest BCUT2D eigenvalue weighted by atomic mass is 9.99. The molecule has 2 aromatic heterocycles. The van der Waals surface area contributed by atoms with Gasteiger partial charge in [0.1, 0.15) is 5.75 Å². The molecule has 1 N–H and O–H groups in total. The Hall–Kier alpha value is -2.71. The first kappa shape index (κ1) is 19.3. The van der Waals surface area contributed by atoms with Crippen molar-refractivity contribution in [2.45, 2.75) is 32.4 Å². The Morgan fingerprint density at radius 1 is 1.27 bits per heavy atom. The van der Waals surface area contributed by atoms with E-state index in [9.17, 15) is 0 Å². The van der Waals surface area contributed by atoms with Gasteiger partial charge in [0.05, 0.1) is 31.0 Å². The van der Waals surface area contributed by atoms with Crippen molar-refractivity contribution in [3.8, 4) is 5.75 Å². The molecule has 0 radical (unpaired) electrons. The molecule has 1 fully saturated rings. The molecule has 8 heteroatoms. The summed E-state index contributed by atoms with van der Waals surface area (Å²) >= 11 is 0. The van der Waals surface area contributed by atoms with E-state index in [4.69, 9.17) is 14.5 Å². The lowest BCUT2D eigenvalue weighted by molar-refractivity contribution is 0.0474. The summed E-state index contributed by atoms with van der Waals surface area (Å²) in [6.07, 6.45) is 6.97. The Balaban J connectivity index is 1.42. The molecule has 8 nitrogen and oxygen atoms in total. The van der Waals surface area contributed by atoms with Crippen LogP contribution in [0.15, 0.2) is 24.5 Å². The molecule has 1 saturated heterocycles. The average Bonchev–Trinajstić information content (AvgIpc) is 3.16. The topological polar surface area (TPSA) is 77.3 Å². The highest BCUT2D eigenvalue weighted by Gasteiger charge is 2.19. The highest BCUT2D eigenvalue weighted by atomic mass is 16.5. The number of nitrogens with one attached hydrogen (secondary N) is 1. The number of fused-ring (bicyclic) bond motifs is 2. The molecule has 3 aromatic rings. The molecule has 1 aromatic carbocycles. The van der Waals surface area contributed by atoms with Crippen LogP contribution in [0.4, 0.5) is 11.6 Å². The van der Waals surface area contributed by atoms with Crippen LogP contribution in [-0.2, 0) is 24.2 Å². The van der Waals surface area contributed by atoms with Crippen LogP contribution in [0.5, 0.6) is 5.75 Å². The van der Waals surface area contributed by atoms with Crippen LogP contribution < -0.4 is 10.1 Å². The SMILES string of the molecule is COc1cc2c(cc1Nc1ncc3cnn(C[C@H]4CCCOC4)c3n1)CN(C)CC2. The molecule has 0 amide bonds. The first-order valence-electron chi connectivity index (χ1n) is 10.6. The van der Waals surface area contributed by atoms with Crippen molar-refractivity contribution in [3.63, 3.8) is 0 Å². The van der Waals surface area contributed by atoms with Crippen molar-refractivity contribution in [2.24, 2.45) is 5.92 Å². The van der Waals surface area contributed by atoms with Crippen LogP contribution in [0, 0.1) is 5.92 Å². The van der Waals surface area contributed by atoms with E-state index < -0.39 is 0 Å². The minimum absolute atomic E-state index is 0.478. The van der Waals surface area contributed by atoms with Crippen LogP contribution in [0.3, 0.4) is 0 Å². The molecule has 0 aliphatic carbocycles. The Kier molecular flexibility index (Phi) is 5.26. The maximum absolute atomic E-state index is 5.64. The van der Waals surface area contributed by atoms with Gasteiger partial charge in [-0.1, -0.05) is 0 Å². The number of likely N-dealkylation sites (N-methyl/N-ethyl adjacent to an activating group) is 1. The number of nitrogens with zero attached hydrogens (tertiary/aromatic N) is 5. The highest BCUT2D eigenvalue weighted by molar-refractivity contribution is 5.76. The van der Waals surface area contributed by atoms with Crippen LogP contribution in [0.25, 0.3) is 11.0 Å². The van der Waals surface area contributed by atoms with Gasteiger partial charge in [0.15, 0.2) is 5.65 Å². The fourth-order valence-electron chi connectivity index (χ4n) is 4.37. The largest absolute Gasteiger partial charge is 0.495 e. The number of hydrogen-bond acceptors (Lipinski definition) is 7. The Morgan fingerprint density at radius 2 is 2.20 bits per heavy atom. The van der Waals surface area contributed by atoms with E-state index in [0.717, 1.165) is 74.6 Å². The first-order valence-corrected chi connectivity index (χ1v) is 10.6. The summed E-state index contributed by atoms with van der Waals surface area (Å²) in [6, 6.07) is 4.30. The van der Waals surface area contributed by atoms with Gasteiger partial charge in [-0.15, -0.1) is 0 Å². The molecule has 0 spiro atoms. The minimum Gasteiger partial charge on any atom is -0.495 e. The van der Waals surface area contributed by atoms with Gasteiger partial charge in [0, 0.05) is 38.4 Å². The minimum atomic E-state index is 0.478. The second-order valence-electron chi connectivity index (χ2n) is 8.32. The number of ether oxygens (including phenoxy) is 2. The Bertz CT molecular complexity index is 1040. The number of benzene rings is 1. The van der Waals surface area contributed by atoms with Crippen LogP contribution in [-0.4, -0.2) is 58.6 Å². The zero-order valence-corrected chi connectivity index (χ0v) is 17.6. The summed E-state index contributed by atoms with van der Waals surface area (Å²) in [5.41, 5.74) is 4.39. The Morgan fingerprint density at radius 3 is 3.03 bits per heavy atom. The van der Waals surface area contributed by atoms with Gasteiger partial charge in [-0.2, -0.15) is 10.1 Å². The monoisotopic (exact) mass is 408 g/mol. The van der Waals surface area contributed by atoms with E-state index in [0.29, 0.717) is 11.9 Å². The molecule has 1 atom stereocenters. The number of aromatic nitrogens is 4. The van der Waals surface area contributed by atoms with Crippen LogP contribution in [0.2, 0.25) is 0 Å². The second kappa shape index (κ2) is 8.20. The van der Waals surface area contributed by atoms with Gasteiger partial charge in [0.2, 0.25) is 5.95 Å². The summed E-state index contributed by atoms with van der Waals surface area (Å²) in [5, 5.41) is 8.85. The highest BCUT2D eigenvalue weighted by Crippen LogP contribution is 2.33. The quantitative estimate of drug-likeness (QED) is 0.695. The van der Waals surface area contributed by atoms with Gasteiger partial charge in [-0.05, 0) is 49.6 Å². The first-order chi connectivity index (χ1) is 14.7. The van der Waals surface area contributed by atoms with E-state index in [1.807, 2.05) is 17.1 Å². The zero-order chi connectivity index (χ0) is 20.5. The molecule has 2 aliphatic heterocycles. The summed E-state index contributed by atoms with van der Waals surface area (Å²) in [6.45, 7) is 4.47. The molecule has 5 rings (SSSR count). The predicted octanol–water partition coefficient (Wildman–Crippen LogP) is 2.99. The lowest BCUT2D eigenvalue weighted by Gasteiger charge is -2.26. The fourth-order valence-corrected chi connectivity index (χ4v) is 4.37. The van der Waals surface area contributed by atoms with Gasteiger partial charge in [-0.3, -0.25) is 0 Å². The van der Waals surface area contributed by atoms with E-state index in [1.54, 1.807) is 7.11 Å². The molecule has 0 saturated carbocycles. The normalized spacial score (nSPS) is 19.6. The number of hydrogen-bond donors (Lipinski definition) is 1. The van der Waals surface area contributed by atoms with Gasteiger partial charge >= 0.3 is 0 Å². The number of rotatable bonds is 5. The third-order valence-corrected chi connectivity index (χ3v) is 6.03. The third kappa shape index (κ3) is 3.85. The van der Waals surface area contributed by atoms with E-state index in [-0.39, 0.29) is 0 Å². The number of anilines is 2. The van der Waals surface area contributed by atoms with Crippen LogP contribution in [0.1, 0.15) is 24.0 Å². The summed E-state index contributed by atoms with van der Waals surface area (Å²) < 4.78 is 13.2. The van der Waals surface area contributed by atoms with E-state index in [2.05, 4.69) is 39.5 Å². The zero-order valence-electron chi connectivity index (χ0n) is 17.6. The predicted molar refractivity (Wildman–Crippen MR) is 115 cm³/mol. The van der Waals surface area contributed by atoms with Crippen molar-refractivity contribution >= 4 is 22.7 Å². The van der Waals surface area contributed by atoms with Crippen molar-refractivity contribution in [3.05, 3.63) is 35.7 Å². The third-order valence-electron chi connectivity index (χ3n) is 6.03. The smallest absolute Gasteiger partial charge is 0.229 e. The van der Waals surface area contributed by atoms with Crippen molar-refractivity contribution in [2.75, 3.05) is 39.2 Å². The van der Waals surface area contributed by atoms with Crippen LogP contribution >= 0.6 is 0 Å². The molecular formula is C22H28N6O2. The molecule has 158 valence electrons. The summed E-state index contributed by atoms with van der Waals surface area (Å²) in [4.78, 5) is 11.6. The van der Waals surface area contributed by atoms with E-state index in [1.165, 1.54) is 11.1 Å². The summed E-state index contributed by atoms with van der Waals surface area (Å²) in [5.74, 6) is 1.84. The van der Waals surface area contributed by atoms with Crippen molar-refractivity contribution < 1.29 is 9.47 Å². The maximum Gasteiger partial charge on any atom is 0.229 e. The maximum atomic E-state index is 5.64. The second-order valence-corrected chi connectivity index (χ2v) is 8.32. The molecule has 30 heavy (non-hydrogen) atoms. The van der Waals surface area contributed by atoms with Crippen molar-refractivity contribution in [1.29, 1.82) is 0 Å². The Labute approximate surface area is 176 Å². The van der Waals surface area contributed by atoms with E-state index >= 15 is 0 Å². The summed E-state index contributed by atoms with van der Waals surface area (Å²) in [7, 11) is 3.85. The lowest BCUT2D eigenvalue weighted by Crippen LogP contribution is -2.26. The fraction of sp³-hybridized carbons (Fsp3) is 0.500. The molecule has 0 unspecified atom stereocenters. The van der Waals surface area contributed by atoms with Gasteiger partial charge < -0.3 is 19.7 Å². The molecular weight excluding hydrogens is 380 g/mol.